The maximum Gasteiger partial charge on any atom is 0.290 e. The van der Waals surface area contributed by atoms with E-state index in [1.807, 2.05) is 0 Å². The highest BCUT2D eigenvalue weighted by molar-refractivity contribution is 9.10. The van der Waals surface area contributed by atoms with Crippen molar-refractivity contribution in [1.29, 1.82) is 0 Å². The number of carboxylic acid groups (broad SMARTS) is 1. The molecule has 3 nitrogen and oxygen atoms in total. The molecule has 1 aliphatic carbocycles. The first-order valence-electron chi connectivity index (χ1n) is 6.46. The van der Waals surface area contributed by atoms with Crippen molar-refractivity contribution < 1.29 is 9.90 Å². The van der Waals surface area contributed by atoms with Crippen LogP contribution < -0.4 is 5.32 Å². The van der Waals surface area contributed by atoms with Gasteiger partial charge in [-0.25, -0.2) is 0 Å². The Hall–Kier alpha value is -0.870. The second-order valence-electron chi connectivity index (χ2n) is 5.92. The molecule has 0 bridgehead atoms. The Morgan fingerprint density at radius 3 is 2.05 bits per heavy atom. The van der Waals surface area contributed by atoms with E-state index in [0.29, 0.717) is 0 Å². The fourth-order valence-corrected chi connectivity index (χ4v) is 2.77. The normalized spacial score (nSPS) is 16.8. The summed E-state index contributed by atoms with van der Waals surface area (Å²) < 4.78 is 1.15. The van der Waals surface area contributed by atoms with Gasteiger partial charge in [-0.1, -0.05) is 28.1 Å². The maximum atomic E-state index is 8.36. The monoisotopic (exact) mass is 327 g/mol. The topological polar surface area (TPSA) is 49.3 Å². The molecule has 0 amide bonds. The zero-order valence-corrected chi connectivity index (χ0v) is 13.3. The number of hydrogen-bond donors (Lipinski definition) is 2. The summed E-state index contributed by atoms with van der Waals surface area (Å²) in [4.78, 5) is 8.36. The third-order valence-corrected chi connectivity index (χ3v) is 3.75. The Bertz CT molecular complexity index is 405. The molecule has 0 radical (unpaired) electrons. The highest BCUT2D eigenvalue weighted by Crippen LogP contribution is 2.42. The lowest BCUT2D eigenvalue weighted by atomic mass is 9.70. The van der Waals surface area contributed by atoms with E-state index in [1.54, 1.807) is 0 Å². The fourth-order valence-electron chi connectivity index (χ4n) is 2.50. The smallest absolute Gasteiger partial charge is 0.290 e. The van der Waals surface area contributed by atoms with Gasteiger partial charge in [0.15, 0.2) is 0 Å². The first-order valence-corrected chi connectivity index (χ1v) is 7.25. The van der Waals surface area contributed by atoms with Gasteiger partial charge in [-0.2, -0.15) is 0 Å². The molecule has 106 valence electrons. The standard InChI is InChI=1S/C14H20BrN.CH2O2/c1-13(2,3)16-14(9-4-10-14)11-5-7-12(15)8-6-11;2-1-3/h5-8,16H,4,9-10H2,1-3H3;1H,(H,2,3). The number of benzene rings is 1. The van der Waals surface area contributed by atoms with E-state index in [2.05, 4.69) is 66.3 Å². The lowest BCUT2D eigenvalue weighted by molar-refractivity contribution is -0.122. The highest BCUT2D eigenvalue weighted by Gasteiger charge is 2.40. The van der Waals surface area contributed by atoms with Crippen molar-refractivity contribution in [1.82, 2.24) is 5.32 Å². The summed E-state index contributed by atoms with van der Waals surface area (Å²) in [5, 5.41) is 10.7. The van der Waals surface area contributed by atoms with E-state index in [1.165, 1.54) is 24.8 Å². The summed E-state index contributed by atoms with van der Waals surface area (Å²) in [7, 11) is 0. The van der Waals surface area contributed by atoms with Gasteiger partial charge in [0.25, 0.3) is 6.47 Å². The molecule has 2 rings (SSSR count). The van der Waals surface area contributed by atoms with Gasteiger partial charge in [0.1, 0.15) is 0 Å². The Labute approximate surface area is 123 Å². The second-order valence-corrected chi connectivity index (χ2v) is 6.84. The first kappa shape index (κ1) is 16.2. The third-order valence-electron chi connectivity index (χ3n) is 3.22. The summed E-state index contributed by atoms with van der Waals surface area (Å²) >= 11 is 3.49. The summed E-state index contributed by atoms with van der Waals surface area (Å²) in [6, 6.07) is 8.75. The molecule has 2 N–H and O–H groups in total. The molecule has 1 aromatic carbocycles. The molecule has 1 saturated carbocycles. The minimum absolute atomic E-state index is 0.174. The number of nitrogens with one attached hydrogen (secondary N) is 1. The van der Waals surface area contributed by atoms with Gasteiger partial charge in [0.05, 0.1) is 0 Å². The molecule has 1 aliphatic rings. The van der Waals surface area contributed by atoms with Crippen LogP contribution in [-0.2, 0) is 10.3 Å². The SMILES string of the molecule is CC(C)(C)NC1(c2ccc(Br)cc2)CCC1.O=CO. The van der Waals surface area contributed by atoms with Crippen molar-refractivity contribution >= 4 is 22.4 Å². The molecule has 19 heavy (non-hydrogen) atoms. The predicted molar refractivity (Wildman–Crippen MR) is 81.3 cm³/mol. The summed E-state index contributed by atoms with van der Waals surface area (Å²) in [5.41, 5.74) is 1.82. The Morgan fingerprint density at radius 1 is 1.26 bits per heavy atom. The molecule has 0 spiro atoms. The molecule has 0 atom stereocenters. The minimum Gasteiger partial charge on any atom is -0.483 e. The Balaban J connectivity index is 0.000000550. The van der Waals surface area contributed by atoms with Gasteiger partial charge in [-0.15, -0.1) is 0 Å². The van der Waals surface area contributed by atoms with Gasteiger partial charge >= 0.3 is 0 Å². The van der Waals surface area contributed by atoms with E-state index in [4.69, 9.17) is 9.90 Å². The lowest BCUT2D eigenvalue weighted by Gasteiger charge is -2.47. The van der Waals surface area contributed by atoms with Crippen LogP contribution in [0.4, 0.5) is 0 Å². The van der Waals surface area contributed by atoms with Crippen molar-refractivity contribution in [2.75, 3.05) is 0 Å². The predicted octanol–water partition coefficient (Wildman–Crippen LogP) is 3.92. The van der Waals surface area contributed by atoms with Gasteiger partial charge in [-0.05, 0) is 57.7 Å². The molecule has 0 aliphatic heterocycles. The molecule has 0 heterocycles. The Morgan fingerprint density at radius 2 is 1.74 bits per heavy atom. The summed E-state index contributed by atoms with van der Waals surface area (Å²) in [6.45, 7) is 6.48. The van der Waals surface area contributed by atoms with Gasteiger partial charge in [-0.3, -0.25) is 4.79 Å². The van der Waals surface area contributed by atoms with Crippen LogP contribution in [0.1, 0.15) is 45.6 Å². The molecular weight excluding hydrogens is 306 g/mol. The lowest BCUT2D eigenvalue weighted by Crippen LogP contribution is -2.55. The van der Waals surface area contributed by atoms with Crippen LogP contribution in [0.25, 0.3) is 0 Å². The van der Waals surface area contributed by atoms with E-state index >= 15 is 0 Å². The quantitative estimate of drug-likeness (QED) is 0.809. The number of hydrogen-bond acceptors (Lipinski definition) is 2. The summed E-state index contributed by atoms with van der Waals surface area (Å²) in [6.07, 6.45) is 3.84. The number of halogens is 1. The van der Waals surface area contributed by atoms with Crippen molar-refractivity contribution in [3.63, 3.8) is 0 Å². The molecule has 0 aromatic heterocycles. The molecule has 1 fully saturated rings. The van der Waals surface area contributed by atoms with Crippen LogP contribution in [0.5, 0.6) is 0 Å². The average molecular weight is 328 g/mol. The number of carbonyl (C=O) groups is 1. The van der Waals surface area contributed by atoms with Crippen LogP contribution in [0.15, 0.2) is 28.7 Å². The summed E-state index contributed by atoms with van der Waals surface area (Å²) in [5.74, 6) is 0. The van der Waals surface area contributed by atoms with Crippen LogP contribution >= 0.6 is 15.9 Å². The van der Waals surface area contributed by atoms with Gasteiger partial charge in [0, 0.05) is 15.6 Å². The van der Waals surface area contributed by atoms with Gasteiger partial charge < -0.3 is 10.4 Å². The molecule has 0 unspecified atom stereocenters. The molecule has 4 heteroatoms. The fraction of sp³-hybridized carbons (Fsp3) is 0.533. The van der Waals surface area contributed by atoms with E-state index in [0.717, 1.165) is 4.47 Å². The number of rotatable bonds is 2. The van der Waals surface area contributed by atoms with E-state index in [-0.39, 0.29) is 17.6 Å². The molecule has 1 aromatic rings. The van der Waals surface area contributed by atoms with Crippen LogP contribution in [-0.4, -0.2) is 17.1 Å². The van der Waals surface area contributed by atoms with Gasteiger partial charge in [0.2, 0.25) is 0 Å². The van der Waals surface area contributed by atoms with E-state index < -0.39 is 0 Å². The van der Waals surface area contributed by atoms with Crippen LogP contribution in [0.3, 0.4) is 0 Å². The zero-order chi connectivity index (χ0) is 14.5. The van der Waals surface area contributed by atoms with Crippen molar-refractivity contribution in [2.24, 2.45) is 0 Å². The second kappa shape index (κ2) is 6.53. The third kappa shape index (κ3) is 4.62. The van der Waals surface area contributed by atoms with Crippen molar-refractivity contribution in [2.45, 2.75) is 51.1 Å². The zero-order valence-electron chi connectivity index (χ0n) is 11.7. The first-order chi connectivity index (χ1) is 8.83. The average Bonchev–Trinajstić information content (AvgIpc) is 2.25. The van der Waals surface area contributed by atoms with Crippen LogP contribution in [0.2, 0.25) is 0 Å². The minimum atomic E-state index is -0.250. The van der Waals surface area contributed by atoms with Crippen molar-refractivity contribution in [3.8, 4) is 0 Å². The van der Waals surface area contributed by atoms with E-state index in [9.17, 15) is 0 Å². The van der Waals surface area contributed by atoms with Crippen molar-refractivity contribution in [3.05, 3.63) is 34.3 Å². The Kier molecular flexibility index (Phi) is 5.56. The molecule has 0 saturated heterocycles. The molecular formula is C15H22BrNO2. The largest absolute Gasteiger partial charge is 0.483 e. The highest BCUT2D eigenvalue weighted by atomic mass is 79.9. The van der Waals surface area contributed by atoms with Crippen LogP contribution in [0, 0.1) is 0 Å². The maximum absolute atomic E-state index is 8.36.